The summed E-state index contributed by atoms with van der Waals surface area (Å²) in [5.74, 6) is 0.373. The van der Waals surface area contributed by atoms with E-state index >= 15 is 0 Å². The lowest BCUT2D eigenvalue weighted by atomic mass is 9.97. The van der Waals surface area contributed by atoms with Crippen LogP contribution in [0.5, 0.6) is 0 Å². The molecule has 0 radical (unpaired) electrons. The van der Waals surface area contributed by atoms with Crippen LogP contribution in [0.2, 0.25) is 0 Å². The molecule has 2 aliphatic heterocycles. The van der Waals surface area contributed by atoms with E-state index < -0.39 is 0 Å². The van der Waals surface area contributed by atoms with E-state index in [0.29, 0.717) is 13.0 Å². The average molecular weight is 267 g/mol. The van der Waals surface area contributed by atoms with Crippen LogP contribution in [0.4, 0.5) is 0 Å². The summed E-state index contributed by atoms with van der Waals surface area (Å²) < 4.78 is 0. The molecule has 0 bridgehead atoms. The van der Waals surface area contributed by atoms with Gasteiger partial charge in [-0.2, -0.15) is 0 Å². The quantitative estimate of drug-likeness (QED) is 0.766. The van der Waals surface area contributed by atoms with Crippen LogP contribution in [0.15, 0.2) is 0 Å². The van der Waals surface area contributed by atoms with Crippen molar-refractivity contribution in [3.8, 4) is 0 Å². The summed E-state index contributed by atoms with van der Waals surface area (Å²) in [4.78, 5) is 26.0. The molecule has 5 heteroatoms. The van der Waals surface area contributed by atoms with E-state index in [4.69, 9.17) is 0 Å². The molecule has 0 spiro atoms. The molecule has 2 amide bonds. The number of nitrogens with one attached hydrogen (secondary N) is 2. The summed E-state index contributed by atoms with van der Waals surface area (Å²) in [5.41, 5.74) is -0.161. The van der Waals surface area contributed by atoms with Gasteiger partial charge in [0.2, 0.25) is 11.8 Å². The Morgan fingerprint density at radius 3 is 2.47 bits per heavy atom. The van der Waals surface area contributed by atoms with Gasteiger partial charge in [0.05, 0.1) is 6.04 Å². The van der Waals surface area contributed by atoms with Gasteiger partial charge in [0.1, 0.15) is 0 Å². The average Bonchev–Trinajstić information content (AvgIpc) is 2.71. The van der Waals surface area contributed by atoms with Gasteiger partial charge in [0.25, 0.3) is 0 Å². The van der Waals surface area contributed by atoms with Crippen molar-refractivity contribution in [1.29, 1.82) is 0 Å². The lowest BCUT2D eigenvalue weighted by molar-refractivity contribution is -0.131. The van der Waals surface area contributed by atoms with Crippen molar-refractivity contribution in [2.75, 3.05) is 19.6 Å². The number of rotatable bonds is 2. The molecule has 2 aliphatic rings. The predicted octanol–water partition coefficient (Wildman–Crippen LogP) is 0.502. The number of likely N-dealkylation sites (tertiary alicyclic amines) is 1. The number of hydrogen-bond donors (Lipinski definition) is 2. The zero-order valence-corrected chi connectivity index (χ0v) is 12.2. The van der Waals surface area contributed by atoms with Crippen LogP contribution in [0.25, 0.3) is 0 Å². The Kier molecular flexibility index (Phi) is 4.13. The van der Waals surface area contributed by atoms with Gasteiger partial charge in [-0.1, -0.05) is 0 Å². The fraction of sp³-hybridized carbons (Fsp3) is 0.857. The van der Waals surface area contributed by atoms with Crippen LogP contribution in [0, 0.1) is 5.92 Å². The first-order chi connectivity index (χ1) is 8.88. The molecule has 108 valence electrons. The highest BCUT2D eigenvalue weighted by molar-refractivity contribution is 5.83. The van der Waals surface area contributed by atoms with Gasteiger partial charge in [-0.3, -0.25) is 9.59 Å². The number of carbonyl (C=O) groups excluding carboxylic acids is 2. The maximum absolute atomic E-state index is 12.1. The zero-order valence-electron chi connectivity index (χ0n) is 12.2. The van der Waals surface area contributed by atoms with Crippen LogP contribution < -0.4 is 10.6 Å². The highest BCUT2D eigenvalue weighted by Crippen LogP contribution is 2.22. The Morgan fingerprint density at radius 1 is 1.32 bits per heavy atom. The SMILES string of the molecule is CC(C)(C)N1CC(NC(=O)C2CCNCC2)CC1=O. The van der Waals surface area contributed by atoms with Crippen LogP contribution in [-0.2, 0) is 9.59 Å². The summed E-state index contributed by atoms with van der Waals surface area (Å²) in [6.45, 7) is 8.55. The lowest BCUT2D eigenvalue weighted by Gasteiger charge is -2.32. The van der Waals surface area contributed by atoms with Crippen LogP contribution in [0.3, 0.4) is 0 Å². The molecule has 0 aromatic rings. The number of amides is 2. The monoisotopic (exact) mass is 267 g/mol. The Hall–Kier alpha value is -1.10. The van der Waals surface area contributed by atoms with E-state index in [1.807, 2.05) is 25.7 Å². The van der Waals surface area contributed by atoms with E-state index in [1.165, 1.54) is 0 Å². The fourth-order valence-electron chi connectivity index (χ4n) is 2.86. The van der Waals surface area contributed by atoms with E-state index in [-0.39, 0.29) is 29.3 Å². The second-order valence-electron chi connectivity index (χ2n) is 6.61. The van der Waals surface area contributed by atoms with Crippen molar-refractivity contribution >= 4 is 11.8 Å². The van der Waals surface area contributed by atoms with Gasteiger partial charge in [-0.25, -0.2) is 0 Å². The molecule has 5 nitrogen and oxygen atoms in total. The maximum Gasteiger partial charge on any atom is 0.225 e. The molecule has 19 heavy (non-hydrogen) atoms. The summed E-state index contributed by atoms with van der Waals surface area (Å²) in [6.07, 6.45) is 2.24. The molecule has 2 fully saturated rings. The first-order valence-electron chi connectivity index (χ1n) is 7.19. The molecule has 2 heterocycles. The largest absolute Gasteiger partial charge is 0.351 e. The summed E-state index contributed by atoms with van der Waals surface area (Å²) in [7, 11) is 0. The van der Waals surface area contributed by atoms with Gasteiger partial charge in [0.15, 0.2) is 0 Å². The summed E-state index contributed by atoms with van der Waals surface area (Å²) in [6, 6.07) is -0.0193. The molecule has 0 aromatic carbocycles. The van der Waals surface area contributed by atoms with Crippen LogP contribution in [0.1, 0.15) is 40.0 Å². The first-order valence-corrected chi connectivity index (χ1v) is 7.19. The summed E-state index contributed by atoms with van der Waals surface area (Å²) in [5, 5.41) is 6.31. The highest BCUT2D eigenvalue weighted by Gasteiger charge is 2.37. The standard InChI is InChI=1S/C14H25N3O2/c1-14(2,3)17-9-11(8-12(17)18)16-13(19)10-4-6-15-7-5-10/h10-11,15H,4-9H2,1-3H3,(H,16,19). The zero-order chi connectivity index (χ0) is 14.0. The third-order valence-corrected chi connectivity index (χ3v) is 3.99. The minimum absolute atomic E-state index is 0.0193. The predicted molar refractivity (Wildman–Crippen MR) is 73.6 cm³/mol. The van der Waals surface area contributed by atoms with Crippen molar-refractivity contribution in [2.24, 2.45) is 5.92 Å². The Labute approximate surface area is 115 Å². The highest BCUT2D eigenvalue weighted by atomic mass is 16.2. The van der Waals surface area contributed by atoms with Gasteiger partial charge < -0.3 is 15.5 Å². The molecular weight excluding hydrogens is 242 g/mol. The fourth-order valence-corrected chi connectivity index (χ4v) is 2.86. The second kappa shape index (κ2) is 5.49. The third-order valence-electron chi connectivity index (χ3n) is 3.99. The molecule has 0 aromatic heterocycles. The van der Waals surface area contributed by atoms with Crippen molar-refractivity contribution in [1.82, 2.24) is 15.5 Å². The van der Waals surface area contributed by atoms with Crippen molar-refractivity contribution < 1.29 is 9.59 Å². The lowest BCUT2D eigenvalue weighted by Crippen LogP contribution is -2.46. The minimum atomic E-state index is -0.161. The van der Waals surface area contributed by atoms with Gasteiger partial charge in [0, 0.05) is 24.4 Å². The Balaban J connectivity index is 1.87. The van der Waals surface area contributed by atoms with E-state index in [2.05, 4.69) is 10.6 Å². The summed E-state index contributed by atoms with van der Waals surface area (Å²) >= 11 is 0. The van der Waals surface area contributed by atoms with Crippen molar-refractivity contribution in [2.45, 2.75) is 51.6 Å². The molecule has 2 saturated heterocycles. The number of nitrogens with zero attached hydrogens (tertiary/aromatic N) is 1. The van der Waals surface area contributed by atoms with Gasteiger partial charge in [-0.05, 0) is 46.7 Å². The molecule has 2 rings (SSSR count). The third kappa shape index (κ3) is 3.47. The molecule has 1 atom stereocenters. The molecule has 1 unspecified atom stereocenters. The second-order valence-corrected chi connectivity index (χ2v) is 6.61. The topological polar surface area (TPSA) is 61.4 Å². The van der Waals surface area contributed by atoms with E-state index in [1.54, 1.807) is 0 Å². The molecule has 0 aliphatic carbocycles. The van der Waals surface area contributed by atoms with Gasteiger partial charge >= 0.3 is 0 Å². The van der Waals surface area contributed by atoms with Crippen LogP contribution >= 0.6 is 0 Å². The first kappa shape index (κ1) is 14.3. The minimum Gasteiger partial charge on any atom is -0.351 e. The maximum atomic E-state index is 12.1. The molecular formula is C14H25N3O2. The number of hydrogen-bond acceptors (Lipinski definition) is 3. The van der Waals surface area contributed by atoms with Crippen molar-refractivity contribution in [3.63, 3.8) is 0 Å². The Bertz CT molecular complexity index is 356. The van der Waals surface area contributed by atoms with Gasteiger partial charge in [-0.15, -0.1) is 0 Å². The van der Waals surface area contributed by atoms with Crippen LogP contribution in [-0.4, -0.2) is 47.9 Å². The van der Waals surface area contributed by atoms with Crippen molar-refractivity contribution in [3.05, 3.63) is 0 Å². The van der Waals surface area contributed by atoms with E-state index in [0.717, 1.165) is 25.9 Å². The smallest absolute Gasteiger partial charge is 0.225 e. The number of piperidine rings is 1. The normalized spacial score (nSPS) is 25.7. The molecule has 2 N–H and O–H groups in total. The Morgan fingerprint density at radius 2 is 1.95 bits per heavy atom. The molecule has 0 saturated carbocycles. The van der Waals surface area contributed by atoms with E-state index in [9.17, 15) is 9.59 Å². The number of carbonyl (C=O) groups is 2.